The van der Waals surface area contributed by atoms with Crippen molar-refractivity contribution in [3.05, 3.63) is 34.3 Å². The summed E-state index contributed by atoms with van der Waals surface area (Å²) in [6, 6.07) is 5.54. The molecule has 0 atom stereocenters. The lowest BCUT2D eigenvalue weighted by Crippen LogP contribution is -1.87. The van der Waals surface area contributed by atoms with Crippen LogP contribution in [0.15, 0.2) is 23.6 Å². The van der Waals surface area contributed by atoms with Gasteiger partial charge in [-0.25, -0.2) is 4.98 Å². The fourth-order valence-corrected chi connectivity index (χ4v) is 2.32. The van der Waals surface area contributed by atoms with Crippen LogP contribution >= 0.6 is 22.9 Å². The molecule has 0 aliphatic carbocycles. The van der Waals surface area contributed by atoms with Crippen LogP contribution in [0, 0.1) is 6.92 Å². The second-order valence-electron chi connectivity index (χ2n) is 3.14. The number of aromatic nitrogens is 1. The predicted octanol–water partition coefficient (Wildman–Crippen LogP) is 3.78. The molecule has 0 saturated heterocycles. The van der Waals surface area contributed by atoms with Crippen LogP contribution in [-0.2, 0) is 0 Å². The van der Waals surface area contributed by atoms with E-state index in [0.717, 1.165) is 22.0 Å². The van der Waals surface area contributed by atoms with Gasteiger partial charge in [-0.15, -0.1) is 11.3 Å². The molecule has 78 valence electrons. The van der Waals surface area contributed by atoms with Crippen molar-refractivity contribution >= 4 is 22.9 Å². The number of benzene rings is 1. The number of aryl methyl sites for hydroxylation is 1. The van der Waals surface area contributed by atoms with Crippen LogP contribution < -0.4 is 4.74 Å². The van der Waals surface area contributed by atoms with Gasteiger partial charge in [0.15, 0.2) is 0 Å². The SMILES string of the molecule is COc1ccc(Cl)cc1-c1nc(C)cs1. The summed E-state index contributed by atoms with van der Waals surface area (Å²) in [7, 11) is 1.65. The van der Waals surface area contributed by atoms with Crippen LogP contribution in [0.2, 0.25) is 5.02 Å². The zero-order valence-corrected chi connectivity index (χ0v) is 10.0. The van der Waals surface area contributed by atoms with E-state index in [2.05, 4.69) is 4.98 Å². The summed E-state index contributed by atoms with van der Waals surface area (Å²) in [5.41, 5.74) is 1.96. The largest absolute Gasteiger partial charge is 0.496 e. The van der Waals surface area contributed by atoms with Gasteiger partial charge in [0.2, 0.25) is 0 Å². The topological polar surface area (TPSA) is 22.1 Å². The molecular weight excluding hydrogens is 230 g/mol. The van der Waals surface area contributed by atoms with Gasteiger partial charge in [0.25, 0.3) is 0 Å². The minimum atomic E-state index is 0.693. The van der Waals surface area contributed by atoms with Crippen molar-refractivity contribution in [2.45, 2.75) is 6.92 Å². The number of ether oxygens (including phenoxy) is 1. The fraction of sp³-hybridized carbons (Fsp3) is 0.182. The van der Waals surface area contributed by atoms with Crippen molar-refractivity contribution in [3.8, 4) is 16.3 Å². The van der Waals surface area contributed by atoms with Crippen molar-refractivity contribution < 1.29 is 4.74 Å². The molecule has 0 unspecified atom stereocenters. The molecule has 0 bridgehead atoms. The number of hydrogen-bond donors (Lipinski definition) is 0. The van der Waals surface area contributed by atoms with Gasteiger partial charge in [-0.05, 0) is 25.1 Å². The molecule has 2 nitrogen and oxygen atoms in total. The standard InChI is InChI=1S/C11H10ClNOS/c1-7-6-15-11(13-7)9-5-8(12)3-4-10(9)14-2/h3-6H,1-2H3. The highest BCUT2D eigenvalue weighted by Crippen LogP contribution is 2.34. The first-order valence-electron chi connectivity index (χ1n) is 4.47. The number of rotatable bonds is 2. The Hall–Kier alpha value is -1.06. The molecule has 2 aromatic rings. The Morgan fingerprint density at radius 3 is 2.80 bits per heavy atom. The molecule has 15 heavy (non-hydrogen) atoms. The van der Waals surface area contributed by atoms with Crippen LogP contribution in [0.1, 0.15) is 5.69 Å². The van der Waals surface area contributed by atoms with Crippen molar-refractivity contribution in [1.29, 1.82) is 0 Å². The van der Waals surface area contributed by atoms with Crippen molar-refractivity contribution in [2.24, 2.45) is 0 Å². The van der Waals surface area contributed by atoms with Gasteiger partial charge in [-0.2, -0.15) is 0 Å². The Labute approximate surface area is 97.5 Å². The summed E-state index contributed by atoms with van der Waals surface area (Å²) in [6.07, 6.45) is 0. The van der Waals surface area contributed by atoms with E-state index in [1.807, 2.05) is 30.5 Å². The lowest BCUT2D eigenvalue weighted by Gasteiger charge is -2.05. The molecule has 2 rings (SSSR count). The van der Waals surface area contributed by atoms with Gasteiger partial charge >= 0.3 is 0 Å². The van der Waals surface area contributed by atoms with E-state index in [0.29, 0.717) is 5.02 Å². The highest BCUT2D eigenvalue weighted by molar-refractivity contribution is 7.13. The summed E-state index contributed by atoms with van der Waals surface area (Å²) in [5, 5.41) is 3.64. The van der Waals surface area contributed by atoms with Crippen molar-refractivity contribution in [3.63, 3.8) is 0 Å². The predicted molar refractivity (Wildman–Crippen MR) is 63.8 cm³/mol. The van der Waals surface area contributed by atoms with E-state index in [1.165, 1.54) is 0 Å². The molecule has 0 radical (unpaired) electrons. The average molecular weight is 240 g/mol. The quantitative estimate of drug-likeness (QED) is 0.796. The first kappa shape index (κ1) is 10.5. The van der Waals surface area contributed by atoms with Crippen LogP contribution in [0.4, 0.5) is 0 Å². The Bertz CT molecular complexity index is 481. The molecule has 1 aromatic heterocycles. The Kier molecular flexibility index (Phi) is 2.93. The van der Waals surface area contributed by atoms with Gasteiger partial charge in [-0.3, -0.25) is 0 Å². The van der Waals surface area contributed by atoms with Gasteiger partial charge in [-0.1, -0.05) is 11.6 Å². The second kappa shape index (κ2) is 4.21. The zero-order chi connectivity index (χ0) is 10.8. The Morgan fingerprint density at radius 1 is 1.40 bits per heavy atom. The normalized spacial score (nSPS) is 10.3. The lowest BCUT2D eigenvalue weighted by atomic mass is 10.2. The summed E-state index contributed by atoms with van der Waals surface area (Å²) in [5.74, 6) is 0.800. The minimum absolute atomic E-state index is 0.693. The summed E-state index contributed by atoms with van der Waals surface area (Å²) < 4.78 is 5.27. The molecule has 0 aliphatic heterocycles. The molecule has 0 spiro atoms. The third-order valence-corrected chi connectivity index (χ3v) is 3.24. The third kappa shape index (κ3) is 2.13. The Balaban J connectivity index is 2.55. The number of hydrogen-bond acceptors (Lipinski definition) is 3. The third-order valence-electron chi connectivity index (χ3n) is 2.01. The molecule has 0 aliphatic rings. The fourth-order valence-electron chi connectivity index (χ4n) is 1.33. The summed E-state index contributed by atoms with van der Waals surface area (Å²) in [4.78, 5) is 4.41. The number of nitrogens with zero attached hydrogens (tertiary/aromatic N) is 1. The molecular formula is C11H10ClNOS. The van der Waals surface area contributed by atoms with E-state index in [-0.39, 0.29) is 0 Å². The van der Waals surface area contributed by atoms with E-state index >= 15 is 0 Å². The van der Waals surface area contributed by atoms with Gasteiger partial charge in [0, 0.05) is 16.1 Å². The second-order valence-corrected chi connectivity index (χ2v) is 4.43. The summed E-state index contributed by atoms with van der Waals surface area (Å²) in [6.45, 7) is 1.97. The molecule has 1 aromatic carbocycles. The van der Waals surface area contributed by atoms with Gasteiger partial charge in [0.1, 0.15) is 10.8 Å². The number of methoxy groups -OCH3 is 1. The van der Waals surface area contributed by atoms with E-state index in [1.54, 1.807) is 18.4 Å². The van der Waals surface area contributed by atoms with Crippen LogP contribution in [0.3, 0.4) is 0 Å². The van der Waals surface area contributed by atoms with E-state index < -0.39 is 0 Å². The molecule has 4 heteroatoms. The first-order valence-corrected chi connectivity index (χ1v) is 5.72. The smallest absolute Gasteiger partial charge is 0.129 e. The zero-order valence-electron chi connectivity index (χ0n) is 8.45. The van der Waals surface area contributed by atoms with Gasteiger partial charge < -0.3 is 4.74 Å². The monoisotopic (exact) mass is 239 g/mol. The highest BCUT2D eigenvalue weighted by atomic mass is 35.5. The maximum Gasteiger partial charge on any atom is 0.129 e. The highest BCUT2D eigenvalue weighted by Gasteiger charge is 2.09. The molecule has 1 heterocycles. The van der Waals surface area contributed by atoms with Gasteiger partial charge in [0.05, 0.1) is 12.7 Å². The maximum absolute atomic E-state index is 5.95. The summed E-state index contributed by atoms with van der Waals surface area (Å²) >= 11 is 7.54. The number of thiazole rings is 1. The van der Waals surface area contributed by atoms with Crippen LogP contribution in [0.5, 0.6) is 5.75 Å². The molecule has 0 fully saturated rings. The van der Waals surface area contributed by atoms with Crippen molar-refractivity contribution in [2.75, 3.05) is 7.11 Å². The van der Waals surface area contributed by atoms with Crippen molar-refractivity contribution in [1.82, 2.24) is 4.98 Å². The molecule has 0 saturated carbocycles. The van der Waals surface area contributed by atoms with Crippen LogP contribution in [-0.4, -0.2) is 12.1 Å². The van der Waals surface area contributed by atoms with E-state index in [9.17, 15) is 0 Å². The van der Waals surface area contributed by atoms with E-state index in [4.69, 9.17) is 16.3 Å². The molecule has 0 N–H and O–H groups in total. The first-order chi connectivity index (χ1) is 7.20. The lowest BCUT2D eigenvalue weighted by molar-refractivity contribution is 0.416. The molecule has 0 amide bonds. The average Bonchev–Trinajstić information content (AvgIpc) is 2.65. The van der Waals surface area contributed by atoms with Crippen LogP contribution in [0.25, 0.3) is 10.6 Å². The Morgan fingerprint density at radius 2 is 2.20 bits per heavy atom. The minimum Gasteiger partial charge on any atom is -0.496 e. The maximum atomic E-state index is 5.95. The number of halogens is 1.